The third-order valence-electron chi connectivity index (χ3n) is 7.76. The van der Waals surface area contributed by atoms with E-state index in [1.54, 1.807) is 0 Å². The number of hydrogen-bond acceptors (Lipinski definition) is 4. The normalized spacial score (nSPS) is 30.8. The fourth-order valence-corrected chi connectivity index (χ4v) is 7.93. The first-order valence-corrected chi connectivity index (χ1v) is 12.2. The maximum atomic E-state index is 13.0. The number of carbonyl (C=O) groups excluding carboxylic acids is 1. The molecule has 0 amide bonds. The lowest BCUT2D eigenvalue weighted by molar-refractivity contribution is -0.128. The standard InChI is InChI=1S/C22H32N2O3S/c1-21(2)18-8-11-22(21,20(25)14-18)16-28(26,27)23-19-9-12-24(13-10-19)15-17-6-4-3-5-7-17/h3-7,18-19,23H,8-16H2,1-2H3/t18-,22-/m1/s1. The molecular weight excluding hydrogens is 372 g/mol. The molecule has 3 fully saturated rings. The Morgan fingerprint density at radius 1 is 1.11 bits per heavy atom. The largest absolute Gasteiger partial charge is 0.299 e. The zero-order valence-electron chi connectivity index (χ0n) is 17.0. The summed E-state index contributed by atoms with van der Waals surface area (Å²) in [4.78, 5) is 15.0. The van der Waals surface area contributed by atoms with Crippen LogP contribution in [0.1, 0.15) is 51.5 Å². The van der Waals surface area contributed by atoms with Crippen LogP contribution in [-0.4, -0.2) is 44.0 Å². The second kappa shape index (κ2) is 7.22. The molecule has 0 aromatic heterocycles. The van der Waals surface area contributed by atoms with Gasteiger partial charge in [0.15, 0.2) is 0 Å². The summed E-state index contributed by atoms with van der Waals surface area (Å²) < 4.78 is 28.9. The summed E-state index contributed by atoms with van der Waals surface area (Å²) in [6.45, 7) is 6.87. The highest BCUT2D eigenvalue weighted by molar-refractivity contribution is 7.89. The average Bonchev–Trinajstić information content (AvgIpc) is 2.98. The van der Waals surface area contributed by atoms with E-state index in [4.69, 9.17) is 0 Å². The van der Waals surface area contributed by atoms with Gasteiger partial charge in [-0.3, -0.25) is 9.69 Å². The van der Waals surface area contributed by atoms with Gasteiger partial charge in [-0.2, -0.15) is 0 Å². The van der Waals surface area contributed by atoms with Crippen LogP contribution in [0.3, 0.4) is 0 Å². The highest BCUT2D eigenvalue weighted by Gasteiger charge is 2.65. The van der Waals surface area contributed by atoms with Crippen LogP contribution in [0.15, 0.2) is 30.3 Å². The average molecular weight is 405 g/mol. The molecule has 2 aliphatic carbocycles. The molecule has 1 heterocycles. The van der Waals surface area contributed by atoms with Gasteiger partial charge in [-0.05, 0) is 42.6 Å². The predicted molar refractivity (Wildman–Crippen MR) is 110 cm³/mol. The second-order valence-electron chi connectivity index (χ2n) is 9.58. The molecule has 0 spiro atoms. The Morgan fingerprint density at radius 3 is 2.36 bits per heavy atom. The van der Waals surface area contributed by atoms with Crippen molar-refractivity contribution in [3.63, 3.8) is 0 Å². The van der Waals surface area contributed by atoms with Crippen molar-refractivity contribution in [3.8, 4) is 0 Å². The van der Waals surface area contributed by atoms with Gasteiger partial charge in [0.1, 0.15) is 5.78 Å². The Labute approximate surface area is 168 Å². The van der Waals surface area contributed by atoms with E-state index in [1.807, 2.05) is 6.07 Å². The molecule has 28 heavy (non-hydrogen) atoms. The fourth-order valence-electron chi connectivity index (χ4n) is 5.78. The Bertz CT molecular complexity index is 829. The predicted octanol–water partition coefficient (Wildman–Crippen LogP) is 2.97. The minimum absolute atomic E-state index is 0.0229. The van der Waals surface area contributed by atoms with Crippen LogP contribution in [0.4, 0.5) is 0 Å². The molecule has 0 unspecified atom stereocenters. The molecule has 1 aromatic rings. The van der Waals surface area contributed by atoms with Crippen LogP contribution in [0.5, 0.6) is 0 Å². The lowest BCUT2D eigenvalue weighted by Gasteiger charge is -2.37. The summed E-state index contributed by atoms with van der Waals surface area (Å²) in [5, 5.41) is 0. The van der Waals surface area contributed by atoms with E-state index in [2.05, 4.69) is 47.7 Å². The summed E-state index contributed by atoms with van der Waals surface area (Å²) >= 11 is 0. The molecule has 154 valence electrons. The first kappa shape index (κ1) is 20.0. The highest BCUT2D eigenvalue weighted by Crippen LogP contribution is 2.64. The van der Waals surface area contributed by atoms with E-state index in [0.717, 1.165) is 45.3 Å². The smallest absolute Gasteiger partial charge is 0.212 e. The Hall–Kier alpha value is -1.24. The van der Waals surface area contributed by atoms with Crippen LogP contribution >= 0.6 is 0 Å². The summed E-state index contributed by atoms with van der Waals surface area (Å²) in [6, 6.07) is 10.4. The van der Waals surface area contributed by atoms with E-state index in [9.17, 15) is 13.2 Å². The lowest BCUT2D eigenvalue weighted by Crippen LogP contribution is -2.49. The van der Waals surface area contributed by atoms with E-state index >= 15 is 0 Å². The third-order valence-corrected chi connectivity index (χ3v) is 9.32. The fraction of sp³-hybridized carbons (Fsp3) is 0.682. The quantitative estimate of drug-likeness (QED) is 0.792. The van der Waals surface area contributed by atoms with Gasteiger partial charge < -0.3 is 0 Å². The number of nitrogens with zero attached hydrogens (tertiary/aromatic N) is 1. The summed E-state index contributed by atoms with van der Waals surface area (Å²) in [5.41, 5.74) is 0.397. The highest BCUT2D eigenvalue weighted by atomic mass is 32.2. The molecule has 4 rings (SSSR count). The Kier molecular flexibility index (Phi) is 5.17. The van der Waals surface area contributed by atoms with Crippen LogP contribution in [0, 0.1) is 16.7 Å². The van der Waals surface area contributed by atoms with Crippen molar-refractivity contribution < 1.29 is 13.2 Å². The molecular formula is C22H32N2O3S. The number of piperidine rings is 1. The third kappa shape index (κ3) is 3.55. The van der Waals surface area contributed by atoms with Crippen LogP contribution in [-0.2, 0) is 21.4 Å². The summed E-state index contributed by atoms with van der Waals surface area (Å²) in [7, 11) is -3.48. The number of likely N-dealkylation sites (tertiary alicyclic amines) is 1. The minimum atomic E-state index is -3.48. The molecule has 2 saturated carbocycles. The van der Waals surface area contributed by atoms with Crippen molar-refractivity contribution in [2.45, 2.75) is 58.5 Å². The van der Waals surface area contributed by atoms with Crippen molar-refractivity contribution in [1.29, 1.82) is 0 Å². The van der Waals surface area contributed by atoms with Crippen molar-refractivity contribution in [2.24, 2.45) is 16.7 Å². The number of nitrogens with one attached hydrogen (secondary N) is 1. The molecule has 2 bridgehead atoms. The number of Topliss-reactive ketones (excluding diaryl/α,β-unsaturated/α-hetero) is 1. The van der Waals surface area contributed by atoms with Crippen molar-refractivity contribution >= 4 is 15.8 Å². The van der Waals surface area contributed by atoms with Gasteiger partial charge in [0.25, 0.3) is 0 Å². The number of sulfonamides is 1. The number of benzene rings is 1. The van der Waals surface area contributed by atoms with Crippen LogP contribution < -0.4 is 4.72 Å². The molecule has 0 radical (unpaired) electrons. The second-order valence-corrected chi connectivity index (χ2v) is 11.3. The van der Waals surface area contributed by atoms with E-state index in [1.165, 1.54) is 5.56 Å². The van der Waals surface area contributed by atoms with Crippen LogP contribution in [0.2, 0.25) is 0 Å². The SMILES string of the molecule is CC1(C)[C@@H]2CC[C@@]1(CS(=O)(=O)NC1CCN(Cc3ccccc3)CC1)C(=O)C2. The molecule has 3 aliphatic rings. The zero-order chi connectivity index (χ0) is 20.0. The van der Waals surface area contributed by atoms with Crippen molar-refractivity contribution in [2.75, 3.05) is 18.8 Å². The van der Waals surface area contributed by atoms with Crippen LogP contribution in [0.25, 0.3) is 0 Å². The van der Waals surface area contributed by atoms with E-state index in [-0.39, 0.29) is 23.0 Å². The molecule has 1 N–H and O–H groups in total. The van der Waals surface area contributed by atoms with Gasteiger partial charge >= 0.3 is 0 Å². The topological polar surface area (TPSA) is 66.5 Å². The summed E-state index contributed by atoms with van der Waals surface area (Å²) in [6.07, 6.45) is 3.89. The van der Waals surface area contributed by atoms with Gasteiger partial charge in [-0.25, -0.2) is 13.1 Å². The van der Waals surface area contributed by atoms with Gasteiger partial charge in [0.05, 0.1) is 5.75 Å². The first-order chi connectivity index (χ1) is 13.2. The molecule has 1 saturated heterocycles. The summed E-state index contributed by atoms with van der Waals surface area (Å²) in [5.74, 6) is 0.472. The van der Waals surface area contributed by atoms with E-state index < -0.39 is 15.4 Å². The number of rotatable bonds is 6. The Morgan fingerprint density at radius 2 is 1.79 bits per heavy atom. The van der Waals surface area contributed by atoms with Gasteiger partial charge in [-0.1, -0.05) is 44.2 Å². The monoisotopic (exact) mass is 404 g/mol. The number of carbonyl (C=O) groups is 1. The molecule has 1 aromatic carbocycles. The first-order valence-electron chi connectivity index (χ1n) is 10.5. The molecule has 6 heteroatoms. The zero-order valence-corrected chi connectivity index (χ0v) is 17.8. The maximum absolute atomic E-state index is 13.0. The number of fused-ring (bicyclic) bond motifs is 2. The Balaban J connectivity index is 1.34. The van der Waals surface area contributed by atoms with E-state index in [0.29, 0.717) is 12.3 Å². The van der Waals surface area contributed by atoms with Crippen molar-refractivity contribution in [3.05, 3.63) is 35.9 Å². The van der Waals surface area contributed by atoms with Gasteiger partial charge in [-0.15, -0.1) is 0 Å². The van der Waals surface area contributed by atoms with Gasteiger partial charge in [0.2, 0.25) is 10.0 Å². The lowest BCUT2D eigenvalue weighted by atomic mass is 9.70. The van der Waals surface area contributed by atoms with Gasteiger partial charge in [0, 0.05) is 37.5 Å². The minimum Gasteiger partial charge on any atom is -0.299 e. The molecule has 1 aliphatic heterocycles. The molecule has 2 atom stereocenters. The molecule has 5 nitrogen and oxygen atoms in total. The van der Waals surface area contributed by atoms with Crippen molar-refractivity contribution in [1.82, 2.24) is 9.62 Å². The maximum Gasteiger partial charge on any atom is 0.212 e. The number of hydrogen-bond donors (Lipinski definition) is 1. The number of ketones is 1.